The molecule has 22 heavy (non-hydrogen) atoms. The van der Waals surface area contributed by atoms with Gasteiger partial charge in [-0.1, -0.05) is 30.7 Å². The summed E-state index contributed by atoms with van der Waals surface area (Å²) in [7, 11) is 0. The van der Waals surface area contributed by atoms with Crippen molar-refractivity contribution in [1.29, 1.82) is 0 Å². The molecule has 0 bridgehead atoms. The minimum absolute atomic E-state index is 0.0463. The number of hydrogen-bond donors (Lipinski definition) is 1. The van der Waals surface area contributed by atoms with Crippen LogP contribution in [0.2, 0.25) is 5.02 Å². The number of carboxylic acid groups (broad SMARTS) is 1. The van der Waals surface area contributed by atoms with E-state index >= 15 is 0 Å². The molecule has 0 fully saturated rings. The Morgan fingerprint density at radius 3 is 2.73 bits per heavy atom. The second kappa shape index (κ2) is 5.81. The Morgan fingerprint density at radius 1 is 1.50 bits per heavy atom. The molecule has 0 heterocycles. The highest BCUT2D eigenvalue weighted by molar-refractivity contribution is 6.32. The molecule has 7 heteroatoms. The van der Waals surface area contributed by atoms with E-state index in [2.05, 4.69) is 0 Å². The van der Waals surface area contributed by atoms with Crippen molar-refractivity contribution in [2.75, 3.05) is 0 Å². The number of nitro groups is 1. The molecule has 2 rings (SSSR count). The molecule has 0 radical (unpaired) electrons. The van der Waals surface area contributed by atoms with E-state index in [0.29, 0.717) is 0 Å². The molecule has 6 nitrogen and oxygen atoms in total. The minimum atomic E-state index is -1.24. The highest BCUT2D eigenvalue weighted by Crippen LogP contribution is 2.42. The standard InChI is InChI=1S/C15H14ClNO5/c1-9-4-3-5-13(15(9,2)14(18)19)22-12-7-6-10(17(20)21)8-11(12)16/h3-9H,1-2H3,(H,18,19). The molecule has 116 valence electrons. The minimum Gasteiger partial charge on any atom is -0.480 e. The van der Waals surface area contributed by atoms with Gasteiger partial charge < -0.3 is 9.84 Å². The van der Waals surface area contributed by atoms with Crippen LogP contribution in [0.1, 0.15) is 13.8 Å². The highest BCUT2D eigenvalue weighted by Gasteiger charge is 2.44. The molecule has 1 aromatic rings. The summed E-state index contributed by atoms with van der Waals surface area (Å²) in [5.74, 6) is -0.894. The lowest BCUT2D eigenvalue weighted by Gasteiger charge is -2.33. The van der Waals surface area contributed by atoms with E-state index in [9.17, 15) is 20.0 Å². The lowest BCUT2D eigenvalue weighted by atomic mass is 9.74. The second-order valence-electron chi connectivity index (χ2n) is 5.19. The van der Waals surface area contributed by atoms with Gasteiger partial charge in [-0.05, 0) is 25.0 Å². The molecule has 0 spiro atoms. The van der Waals surface area contributed by atoms with Gasteiger partial charge in [-0.2, -0.15) is 0 Å². The lowest BCUT2D eigenvalue weighted by molar-refractivity contribution is -0.384. The van der Waals surface area contributed by atoms with Gasteiger partial charge in [0.05, 0.1) is 9.95 Å². The summed E-state index contributed by atoms with van der Waals surface area (Å²) >= 11 is 5.98. The van der Waals surface area contributed by atoms with Gasteiger partial charge >= 0.3 is 5.97 Å². The summed E-state index contributed by atoms with van der Waals surface area (Å²) < 4.78 is 5.64. The number of carbonyl (C=O) groups is 1. The third-order valence-electron chi connectivity index (χ3n) is 3.86. The van der Waals surface area contributed by atoms with Gasteiger partial charge in [-0.25, -0.2) is 0 Å². The van der Waals surface area contributed by atoms with E-state index in [1.54, 1.807) is 32.1 Å². The maximum Gasteiger partial charge on any atom is 0.317 e. The average Bonchev–Trinajstić information content (AvgIpc) is 2.45. The third-order valence-corrected chi connectivity index (χ3v) is 4.16. The largest absolute Gasteiger partial charge is 0.480 e. The Bertz CT molecular complexity index is 697. The number of carboxylic acids is 1. The second-order valence-corrected chi connectivity index (χ2v) is 5.59. The van der Waals surface area contributed by atoms with Crippen molar-refractivity contribution in [2.45, 2.75) is 13.8 Å². The topological polar surface area (TPSA) is 89.7 Å². The van der Waals surface area contributed by atoms with Crippen molar-refractivity contribution in [1.82, 2.24) is 0 Å². The monoisotopic (exact) mass is 323 g/mol. The van der Waals surface area contributed by atoms with Crippen LogP contribution in [-0.4, -0.2) is 16.0 Å². The molecule has 0 saturated heterocycles. The van der Waals surface area contributed by atoms with Crippen molar-refractivity contribution in [3.8, 4) is 5.75 Å². The van der Waals surface area contributed by atoms with E-state index in [1.807, 2.05) is 0 Å². The van der Waals surface area contributed by atoms with Gasteiger partial charge in [0.25, 0.3) is 5.69 Å². The summed E-state index contributed by atoms with van der Waals surface area (Å²) in [4.78, 5) is 21.8. The smallest absolute Gasteiger partial charge is 0.317 e. The van der Waals surface area contributed by atoms with Crippen LogP contribution in [0.25, 0.3) is 0 Å². The summed E-state index contributed by atoms with van der Waals surface area (Å²) in [5, 5.41) is 20.3. The zero-order chi connectivity index (χ0) is 16.5. The molecule has 0 amide bonds. The zero-order valence-electron chi connectivity index (χ0n) is 11.9. The molecule has 2 unspecified atom stereocenters. The zero-order valence-corrected chi connectivity index (χ0v) is 12.7. The van der Waals surface area contributed by atoms with Crippen molar-refractivity contribution >= 4 is 23.3 Å². The number of ether oxygens (including phenoxy) is 1. The van der Waals surface area contributed by atoms with Gasteiger partial charge in [0.1, 0.15) is 16.9 Å². The maximum atomic E-state index is 11.6. The number of nitro benzene ring substituents is 1. The van der Waals surface area contributed by atoms with Crippen molar-refractivity contribution in [2.24, 2.45) is 11.3 Å². The quantitative estimate of drug-likeness (QED) is 0.672. The fourth-order valence-electron chi connectivity index (χ4n) is 2.14. The number of non-ortho nitro benzene ring substituents is 1. The van der Waals surface area contributed by atoms with Gasteiger partial charge in [-0.3, -0.25) is 14.9 Å². The molecule has 1 aromatic carbocycles. The molecule has 1 aliphatic carbocycles. The number of hydrogen-bond acceptors (Lipinski definition) is 4. The lowest BCUT2D eigenvalue weighted by Crippen LogP contribution is -2.38. The summed E-state index contributed by atoms with van der Waals surface area (Å²) in [6.07, 6.45) is 5.05. The molecule has 0 aromatic heterocycles. The highest BCUT2D eigenvalue weighted by atomic mass is 35.5. The van der Waals surface area contributed by atoms with E-state index in [4.69, 9.17) is 16.3 Å². The first kappa shape index (κ1) is 16.0. The fraction of sp³-hybridized carbons (Fsp3) is 0.267. The third kappa shape index (κ3) is 2.69. The van der Waals surface area contributed by atoms with Crippen LogP contribution in [-0.2, 0) is 4.79 Å². The number of benzene rings is 1. The molecular weight excluding hydrogens is 310 g/mol. The number of allylic oxidation sites excluding steroid dienone is 3. The summed E-state index contributed by atoms with van der Waals surface area (Å²) in [6.45, 7) is 3.34. The Kier molecular flexibility index (Phi) is 4.23. The average molecular weight is 324 g/mol. The Labute approximate surface area is 131 Å². The first-order valence-electron chi connectivity index (χ1n) is 6.51. The van der Waals surface area contributed by atoms with Crippen LogP contribution in [0.15, 0.2) is 42.2 Å². The van der Waals surface area contributed by atoms with E-state index in [-0.39, 0.29) is 28.1 Å². The molecular formula is C15H14ClNO5. The SMILES string of the molecule is CC1C=CC=C(Oc2ccc([N+](=O)[O-])cc2Cl)C1(C)C(=O)O. The van der Waals surface area contributed by atoms with E-state index in [1.165, 1.54) is 12.1 Å². The van der Waals surface area contributed by atoms with Crippen LogP contribution >= 0.6 is 11.6 Å². The fourth-order valence-corrected chi connectivity index (χ4v) is 2.36. The number of rotatable bonds is 4. The van der Waals surface area contributed by atoms with Gasteiger partial charge in [0.2, 0.25) is 0 Å². The van der Waals surface area contributed by atoms with Gasteiger partial charge in [0, 0.05) is 12.1 Å². The molecule has 2 atom stereocenters. The van der Waals surface area contributed by atoms with Crippen LogP contribution < -0.4 is 4.74 Å². The Morgan fingerprint density at radius 2 is 2.18 bits per heavy atom. The van der Waals surface area contributed by atoms with Crippen molar-refractivity contribution in [3.63, 3.8) is 0 Å². The molecule has 1 N–H and O–H groups in total. The number of halogens is 1. The van der Waals surface area contributed by atoms with E-state index < -0.39 is 16.3 Å². The predicted octanol–water partition coefficient (Wildman–Crippen LogP) is 3.81. The number of nitrogens with zero attached hydrogens (tertiary/aromatic N) is 1. The van der Waals surface area contributed by atoms with Crippen molar-refractivity contribution < 1.29 is 19.6 Å². The first-order valence-corrected chi connectivity index (χ1v) is 6.88. The first-order chi connectivity index (χ1) is 10.3. The predicted molar refractivity (Wildman–Crippen MR) is 80.9 cm³/mol. The number of aliphatic carboxylic acids is 1. The normalized spacial score (nSPS) is 23.8. The van der Waals surface area contributed by atoms with Crippen LogP contribution in [0, 0.1) is 21.4 Å². The molecule has 0 aliphatic heterocycles. The summed E-state index contributed by atoms with van der Waals surface area (Å²) in [5.41, 5.74) is -1.40. The Hall–Kier alpha value is -2.34. The molecule has 1 aliphatic rings. The van der Waals surface area contributed by atoms with Crippen molar-refractivity contribution in [3.05, 3.63) is 57.3 Å². The molecule has 0 saturated carbocycles. The van der Waals surface area contributed by atoms with Gasteiger partial charge in [0.15, 0.2) is 0 Å². The van der Waals surface area contributed by atoms with Crippen LogP contribution in [0.3, 0.4) is 0 Å². The van der Waals surface area contributed by atoms with E-state index in [0.717, 1.165) is 6.07 Å². The Balaban J connectivity index is 2.37. The maximum absolute atomic E-state index is 11.6. The van der Waals surface area contributed by atoms with Crippen LogP contribution in [0.5, 0.6) is 5.75 Å². The summed E-state index contributed by atoms with van der Waals surface area (Å²) in [6, 6.07) is 3.77. The van der Waals surface area contributed by atoms with Gasteiger partial charge in [-0.15, -0.1) is 0 Å². The van der Waals surface area contributed by atoms with Crippen LogP contribution in [0.4, 0.5) is 5.69 Å².